The van der Waals surface area contributed by atoms with Crippen LogP contribution in [0.5, 0.6) is 0 Å². The van der Waals surface area contributed by atoms with E-state index in [9.17, 15) is 4.79 Å². The van der Waals surface area contributed by atoms with E-state index in [0.29, 0.717) is 13.0 Å². The van der Waals surface area contributed by atoms with E-state index in [1.54, 1.807) is 23.2 Å². The molecule has 0 unspecified atom stereocenters. The van der Waals surface area contributed by atoms with Gasteiger partial charge in [0.25, 0.3) is 0 Å². The second kappa shape index (κ2) is 5.31. The van der Waals surface area contributed by atoms with Crippen LogP contribution in [0.25, 0.3) is 0 Å². The summed E-state index contributed by atoms with van der Waals surface area (Å²) in [4.78, 5) is 14.9. The lowest BCUT2D eigenvalue weighted by Gasteiger charge is -2.49. The molecule has 2 aliphatic heterocycles. The molecule has 0 bridgehead atoms. The highest BCUT2D eigenvalue weighted by atomic mass is 35.5. The number of likely N-dealkylation sites (tertiary alicyclic amines) is 1. The fourth-order valence-corrected chi connectivity index (χ4v) is 5.20. The highest BCUT2D eigenvalue weighted by Crippen LogP contribution is 2.49. The zero-order valence-electron chi connectivity index (χ0n) is 12.2. The summed E-state index contributed by atoms with van der Waals surface area (Å²) in [6.07, 6.45) is 8.00. The van der Waals surface area contributed by atoms with Crippen LogP contribution in [-0.2, 0) is 21.6 Å². The van der Waals surface area contributed by atoms with Crippen molar-refractivity contribution in [2.45, 2.75) is 50.8 Å². The van der Waals surface area contributed by atoms with E-state index in [2.05, 4.69) is 5.92 Å². The number of amides is 1. The van der Waals surface area contributed by atoms with Gasteiger partial charge < -0.3 is 9.64 Å². The van der Waals surface area contributed by atoms with Crippen molar-refractivity contribution in [2.75, 3.05) is 6.61 Å². The van der Waals surface area contributed by atoms with Crippen molar-refractivity contribution in [2.24, 2.45) is 0 Å². The maximum atomic E-state index is 11.9. The molecule has 0 N–H and O–H groups in total. The van der Waals surface area contributed by atoms with Crippen LogP contribution in [0.3, 0.4) is 0 Å². The zero-order valence-corrected chi connectivity index (χ0v) is 13.8. The first-order valence-electron chi connectivity index (χ1n) is 7.14. The average molecular weight is 324 g/mol. The van der Waals surface area contributed by atoms with Crippen molar-refractivity contribution < 1.29 is 9.53 Å². The summed E-state index contributed by atoms with van der Waals surface area (Å²) in [5.41, 5.74) is 0.892. The third-order valence-electron chi connectivity index (χ3n) is 4.46. The Bertz CT molecular complexity index is 620. The summed E-state index contributed by atoms with van der Waals surface area (Å²) < 4.78 is 6.99. The van der Waals surface area contributed by atoms with Gasteiger partial charge in [-0.2, -0.15) is 0 Å². The van der Waals surface area contributed by atoms with Crippen molar-refractivity contribution in [3.63, 3.8) is 0 Å². The van der Waals surface area contributed by atoms with E-state index in [4.69, 9.17) is 22.8 Å². The van der Waals surface area contributed by atoms with E-state index < -0.39 is 0 Å². The summed E-state index contributed by atoms with van der Waals surface area (Å²) >= 11 is 7.79. The SMILES string of the molecule is C#C[C@@H]1C[C@]2(C[C@H](C)N1C(C)=O)OCCc1cc(Cl)sc12. The smallest absolute Gasteiger partial charge is 0.220 e. The lowest BCUT2D eigenvalue weighted by Crippen LogP contribution is -2.56. The number of halogens is 1. The molecule has 3 atom stereocenters. The molecular weight excluding hydrogens is 306 g/mol. The summed E-state index contributed by atoms with van der Waals surface area (Å²) in [5, 5.41) is 0. The minimum Gasteiger partial charge on any atom is -0.369 e. The number of carbonyl (C=O) groups is 1. The quantitative estimate of drug-likeness (QED) is 0.686. The third-order valence-corrected chi connectivity index (χ3v) is 5.95. The number of rotatable bonds is 0. The van der Waals surface area contributed by atoms with E-state index in [1.165, 1.54) is 10.4 Å². The number of hydrogen-bond acceptors (Lipinski definition) is 3. The lowest BCUT2D eigenvalue weighted by molar-refractivity contribution is -0.149. The van der Waals surface area contributed by atoms with Crippen LogP contribution < -0.4 is 0 Å². The fourth-order valence-electron chi connectivity index (χ4n) is 3.74. The maximum Gasteiger partial charge on any atom is 0.220 e. The Morgan fingerprint density at radius 1 is 1.62 bits per heavy atom. The van der Waals surface area contributed by atoms with Gasteiger partial charge in [0.1, 0.15) is 5.60 Å². The Balaban J connectivity index is 2.01. The largest absolute Gasteiger partial charge is 0.369 e. The molecule has 5 heteroatoms. The van der Waals surface area contributed by atoms with Crippen LogP contribution in [0, 0.1) is 12.3 Å². The topological polar surface area (TPSA) is 29.5 Å². The number of piperidine rings is 1. The first-order valence-corrected chi connectivity index (χ1v) is 8.34. The number of thiophene rings is 1. The number of hydrogen-bond donors (Lipinski definition) is 0. The van der Waals surface area contributed by atoms with Gasteiger partial charge >= 0.3 is 0 Å². The number of ether oxygens (including phenoxy) is 1. The maximum absolute atomic E-state index is 11.9. The van der Waals surface area contributed by atoms with Crippen LogP contribution in [0.15, 0.2) is 6.07 Å². The van der Waals surface area contributed by atoms with Gasteiger partial charge in [0.05, 0.1) is 17.0 Å². The Morgan fingerprint density at radius 3 is 3.05 bits per heavy atom. The summed E-state index contributed by atoms with van der Waals surface area (Å²) in [7, 11) is 0. The highest BCUT2D eigenvalue weighted by molar-refractivity contribution is 7.16. The predicted molar refractivity (Wildman–Crippen MR) is 84.5 cm³/mol. The second-order valence-electron chi connectivity index (χ2n) is 5.86. The van der Waals surface area contributed by atoms with Gasteiger partial charge in [0.15, 0.2) is 0 Å². The molecule has 1 aromatic heterocycles. The number of carbonyl (C=O) groups excluding carboxylic acids is 1. The molecule has 2 aliphatic rings. The van der Waals surface area contributed by atoms with Crippen LogP contribution >= 0.6 is 22.9 Å². The molecule has 1 saturated heterocycles. The Labute approximate surface area is 134 Å². The van der Waals surface area contributed by atoms with E-state index >= 15 is 0 Å². The molecule has 0 aromatic carbocycles. The molecule has 0 radical (unpaired) electrons. The Hall–Kier alpha value is -1.02. The monoisotopic (exact) mass is 323 g/mol. The number of nitrogens with zero attached hydrogens (tertiary/aromatic N) is 1. The summed E-state index contributed by atoms with van der Waals surface area (Å²) in [6, 6.07) is 1.88. The average Bonchev–Trinajstić information content (AvgIpc) is 2.79. The van der Waals surface area contributed by atoms with Crippen molar-refractivity contribution >= 4 is 28.8 Å². The summed E-state index contributed by atoms with van der Waals surface area (Å²) in [6.45, 7) is 4.30. The van der Waals surface area contributed by atoms with Crippen molar-refractivity contribution in [3.8, 4) is 12.3 Å². The van der Waals surface area contributed by atoms with Crippen LogP contribution in [-0.4, -0.2) is 29.5 Å². The minimum absolute atomic E-state index is 0.0283. The first kappa shape index (κ1) is 14.9. The molecule has 21 heavy (non-hydrogen) atoms. The highest BCUT2D eigenvalue weighted by Gasteiger charge is 2.48. The summed E-state index contributed by atoms with van der Waals surface area (Å²) in [5.74, 6) is 2.80. The van der Waals surface area contributed by atoms with Gasteiger partial charge in [-0.25, -0.2) is 0 Å². The Kier molecular flexibility index (Phi) is 3.77. The molecule has 0 aliphatic carbocycles. The normalized spacial score (nSPS) is 31.8. The predicted octanol–water partition coefficient (Wildman–Crippen LogP) is 3.20. The molecule has 1 aromatic rings. The zero-order chi connectivity index (χ0) is 15.2. The molecule has 0 saturated carbocycles. The van der Waals surface area contributed by atoms with Crippen molar-refractivity contribution in [1.82, 2.24) is 4.90 Å². The molecule has 3 nitrogen and oxygen atoms in total. The van der Waals surface area contributed by atoms with Crippen molar-refractivity contribution in [3.05, 3.63) is 20.8 Å². The van der Waals surface area contributed by atoms with E-state index in [1.807, 2.05) is 13.0 Å². The number of terminal acetylenes is 1. The lowest BCUT2D eigenvalue weighted by atomic mass is 9.78. The van der Waals surface area contributed by atoms with Gasteiger partial charge in [-0.3, -0.25) is 4.79 Å². The second-order valence-corrected chi connectivity index (χ2v) is 7.55. The van der Waals surface area contributed by atoms with Gasteiger partial charge in [0, 0.05) is 30.7 Å². The molecule has 1 amide bonds. The van der Waals surface area contributed by atoms with Crippen LogP contribution in [0.1, 0.15) is 37.1 Å². The molecule has 112 valence electrons. The van der Waals surface area contributed by atoms with Crippen LogP contribution in [0.4, 0.5) is 0 Å². The third kappa shape index (κ3) is 2.38. The molecule has 3 rings (SSSR count). The molecule has 3 heterocycles. The Morgan fingerprint density at radius 2 is 2.38 bits per heavy atom. The fraction of sp³-hybridized carbons (Fsp3) is 0.562. The van der Waals surface area contributed by atoms with E-state index in [0.717, 1.165) is 17.2 Å². The van der Waals surface area contributed by atoms with Crippen molar-refractivity contribution in [1.29, 1.82) is 0 Å². The molecule has 1 spiro atoms. The van der Waals surface area contributed by atoms with E-state index in [-0.39, 0.29) is 23.6 Å². The minimum atomic E-state index is -0.381. The molecular formula is C16H18ClNO2S. The van der Waals surface area contributed by atoms with Gasteiger partial charge in [-0.15, -0.1) is 17.8 Å². The number of fused-ring (bicyclic) bond motifs is 2. The van der Waals surface area contributed by atoms with Gasteiger partial charge in [0.2, 0.25) is 5.91 Å². The molecule has 1 fully saturated rings. The van der Waals surface area contributed by atoms with Crippen LogP contribution in [0.2, 0.25) is 4.34 Å². The standard InChI is InChI=1S/C16H18ClNO2S/c1-4-13-9-16(8-10(2)18(13)11(3)19)15-12(5-6-20-16)7-14(17)21-15/h1,7,10,13H,5-6,8-9H2,2-3H3/t10-,13+,16-/m0/s1. The van der Waals surface area contributed by atoms with Gasteiger partial charge in [-0.1, -0.05) is 17.5 Å². The van der Waals surface area contributed by atoms with Gasteiger partial charge in [-0.05, 0) is 25.0 Å². The first-order chi connectivity index (χ1) is 9.97.